The molecule has 2 heterocycles. The Hall–Kier alpha value is -0.850. The molecule has 0 spiro atoms. The van der Waals surface area contributed by atoms with Crippen molar-refractivity contribution in [2.45, 2.75) is 31.8 Å². The van der Waals surface area contributed by atoms with Crippen LogP contribution in [0.3, 0.4) is 0 Å². The van der Waals surface area contributed by atoms with E-state index in [0.29, 0.717) is 12.6 Å². The molecule has 0 fully saturated rings. The predicted octanol–water partition coefficient (Wildman–Crippen LogP) is 3.84. The highest BCUT2D eigenvalue weighted by molar-refractivity contribution is 9.11. The number of methoxy groups -OCH3 is 1. The van der Waals surface area contributed by atoms with Gasteiger partial charge in [-0.25, -0.2) is 0 Å². The van der Waals surface area contributed by atoms with E-state index in [9.17, 15) is 0 Å². The third-order valence-corrected chi connectivity index (χ3v) is 5.30. The lowest BCUT2D eigenvalue weighted by Gasteiger charge is -2.23. The number of ether oxygens (including phenoxy) is 1. The van der Waals surface area contributed by atoms with Gasteiger partial charge in [-0.05, 0) is 46.8 Å². The lowest BCUT2D eigenvalue weighted by atomic mass is 9.94. The van der Waals surface area contributed by atoms with E-state index in [0.717, 1.165) is 12.2 Å². The summed E-state index contributed by atoms with van der Waals surface area (Å²) in [6.07, 6.45) is 7.58. The average molecular weight is 356 g/mol. The molecule has 0 bridgehead atoms. The van der Waals surface area contributed by atoms with Crippen molar-refractivity contribution in [3.63, 3.8) is 0 Å². The Balaban J connectivity index is 1.70. The predicted molar refractivity (Wildman–Crippen MR) is 85.4 cm³/mol. The van der Waals surface area contributed by atoms with Crippen molar-refractivity contribution in [1.82, 2.24) is 9.78 Å². The Morgan fingerprint density at radius 2 is 2.50 bits per heavy atom. The zero-order chi connectivity index (χ0) is 13.9. The van der Waals surface area contributed by atoms with E-state index >= 15 is 0 Å². The molecule has 0 aliphatic heterocycles. The topological polar surface area (TPSA) is 39.1 Å². The smallest absolute Gasteiger partial charge is 0.0731 e. The van der Waals surface area contributed by atoms with Crippen molar-refractivity contribution in [2.24, 2.45) is 0 Å². The molecule has 2 aromatic heterocycles. The average Bonchev–Trinajstić information content (AvgIpc) is 3.02. The number of aromatic nitrogens is 2. The van der Waals surface area contributed by atoms with E-state index in [-0.39, 0.29) is 0 Å². The fourth-order valence-electron chi connectivity index (χ4n) is 2.62. The number of halogens is 1. The number of hydrogen-bond acceptors (Lipinski definition) is 4. The van der Waals surface area contributed by atoms with E-state index in [1.807, 2.05) is 22.2 Å². The summed E-state index contributed by atoms with van der Waals surface area (Å²) in [6, 6.07) is 2.66. The lowest BCUT2D eigenvalue weighted by molar-refractivity contribution is 0.183. The first-order valence-electron chi connectivity index (χ1n) is 6.82. The Labute approximate surface area is 131 Å². The van der Waals surface area contributed by atoms with Gasteiger partial charge in [0.2, 0.25) is 0 Å². The Morgan fingerprint density at radius 1 is 1.60 bits per heavy atom. The van der Waals surface area contributed by atoms with Crippen molar-refractivity contribution >= 4 is 33.0 Å². The molecule has 1 aliphatic carbocycles. The van der Waals surface area contributed by atoms with E-state index in [1.54, 1.807) is 7.11 Å². The molecule has 0 aromatic carbocycles. The monoisotopic (exact) mass is 355 g/mol. The first-order valence-corrected chi connectivity index (χ1v) is 8.43. The molecule has 4 nitrogen and oxygen atoms in total. The van der Waals surface area contributed by atoms with E-state index in [2.05, 4.69) is 38.6 Å². The minimum atomic E-state index is 0.404. The summed E-state index contributed by atoms with van der Waals surface area (Å²) in [5, 5.41) is 7.96. The van der Waals surface area contributed by atoms with Gasteiger partial charge in [-0.2, -0.15) is 5.10 Å². The van der Waals surface area contributed by atoms with Gasteiger partial charge in [0.1, 0.15) is 0 Å². The third-order valence-electron chi connectivity index (χ3n) is 3.58. The van der Waals surface area contributed by atoms with Crippen LogP contribution in [0, 0.1) is 0 Å². The maximum absolute atomic E-state index is 5.07. The summed E-state index contributed by atoms with van der Waals surface area (Å²) in [7, 11) is 1.71. The van der Waals surface area contributed by atoms with Crippen LogP contribution in [0.2, 0.25) is 0 Å². The number of nitrogens with one attached hydrogen (secondary N) is 1. The molecular weight excluding hydrogens is 338 g/mol. The molecule has 1 aliphatic rings. The van der Waals surface area contributed by atoms with Gasteiger partial charge >= 0.3 is 0 Å². The minimum Gasteiger partial charge on any atom is -0.383 e. The largest absolute Gasteiger partial charge is 0.383 e. The molecule has 1 N–H and O–H groups in total. The molecule has 1 unspecified atom stereocenters. The molecule has 3 rings (SSSR count). The molecule has 0 amide bonds. The van der Waals surface area contributed by atoms with Crippen molar-refractivity contribution in [3.05, 3.63) is 32.7 Å². The summed E-state index contributed by atoms with van der Waals surface area (Å²) in [5.41, 5.74) is 2.53. The van der Waals surface area contributed by atoms with Crippen LogP contribution >= 0.6 is 27.3 Å². The van der Waals surface area contributed by atoms with E-state index in [1.165, 1.54) is 33.5 Å². The molecule has 2 aromatic rings. The number of hydrogen-bond donors (Lipinski definition) is 1. The first-order chi connectivity index (χ1) is 9.76. The van der Waals surface area contributed by atoms with Gasteiger partial charge in [-0.15, -0.1) is 11.3 Å². The highest BCUT2D eigenvalue weighted by atomic mass is 79.9. The molecule has 0 saturated carbocycles. The fourth-order valence-corrected chi connectivity index (χ4v) is 4.44. The van der Waals surface area contributed by atoms with Crippen LogP contribution in [0.4, 0.5) is 5.69 Å². The number of fused-ring (bicyclic) bond motifs is 1. The second-order valence-electron chi connectivity index (χ2n) is 5.00. The van der Waals surface area contributed by atoms with Gasteiger partial charge in [0.05, 0.1) is 34.9 Å². The first kappa shape index (κ1) is 14.1. The summed E-state index contributed by atoms with van der Waals surface area (Å²) in [5.74, 6) is 0. The van der Waals surface area contributed by atoms with Crippen LogP contribution in [0.25, 0.3) is 0 Å². The van der Waals surface area contributed by atoms with Crippen molar-refractivity contribution in [2.75, 3.05) is 19.0 Å². The van der Waals surface area contributed by atoms with E-state index in [4.69, 9.17) is 4.74 Å². The van der Waals surface area contributed by atoms with Crippen molar-refractivity contribution in [1.29, 1.82) is 0 Å². The lowest BCUT2D eigenvalue weighted by Crippen LogP contribution is -2.15. The van der Waals surface area contributed by atoms with Crippen molar-refractivity contribution < 1.29 is 4.74 Å². The summed E-state index contributed by atoms with van der Waals surface area (Å²) >= 11 is 5.46. The Kier molecular flexibility index (Phi) is 4.43. The number of aryl methyl sites for hydroxylation is 1. The fraction of sp³-hybridized carbons (Fsp3) is 0.500. The van der Waals surface area contributed by atoms with Crippen LogP contribution in [0.1, 0.15) is 29.3 Å². The SMILES string of the molecule is COCCn1cc(NC2CCCc3sc(Br)cc32)cn1. The van der Waals surface area contributed by atoms with Gasteiger partial charge in [0.25, 0.3) is 0 Å². The number of anilines is 1. The number of nitrogens with zero attached hydrogens (tertiary/aromatic N) is 2. The standard InChI is InChI=1S/C14H18BrN3OS/c1-19-6-5-18-9-10(8-16-18)17-12-3-2-4-13-11(12)7-14(15)20-13/h7-9,12,17H,2-6H2,1H3. The molecule has 0 saturated heterocycles. The summed E-state index contributed by atoms with van der Waals surface area (Å²) < 4.78 is 8.21. The number of rotatable bonds is 5. The molecular formula is C14H18BrN3OS. The second-order valence-corrected chi connectivity index (χ2v) is 7.52. The normalized spacial score (nSPS) is 18.0. The third kappa shape index (κ3) is 3.07. The van der Waals surface area contributed by atoms with Crippen LogP contribution in [-0.2, 0) is 17.7 Å². The Morgan fingerprint density at radius 3 is 3.35 bits per heavy atom. The quantitative estimate of drug-likeness (QED) is 0.885. The van der Waals surface area contributed by atoms with Crippen molar-refractivity contribution in [3.8, 4) is 0 Å². The van der Waals surface area contributed by atoms with Crippen LogP contribution < -0.4 is 5.32 Å². The minimum absolute atomic E-state index is 0.404. The second kappa shape index (κ2) is 6.28. The maximum atomic E-state index is 5.07. The highest BCUT2D eigenvalue weighted by Gasteiger charge is 2.22. The molecule has 0 radical (unpaired) electrons. The van der Waals surface area contributed by atoms with Crippen LogP contribution in [0.15, 0.2) is 22.2 Å². The Bertz CT molecular complexity index is 581. The molecule has 6 heteroatoms. The van der Waals surface area contributed by atoms with Gasteiger partial charge in [-0.1, -0.05) is 0 Å². The van der Waals surface area contributed by atoms with Gasteiger partial charge in [0.15, 0.2) is 0 Å². The molecule has 20 heavy (non-hydrogen) atoms. The van der Waals surface area contributed by atoms with Crippen LogP contribution in [0.5, 0.6) is 0 Å². The van der Waals surface area contributed by atoms with Gasteiger partial charge < -0.3 is 10.1 Å². The van der Waals surface area contributed by atoms with E-state index < -0.39 is 0 Å². The van der Waals surface area contributed by atoms with Gasteiger partial charge in [0, 0.05) is 18.2 Å². The maximum Gasteiger partial charge on any atom is 0.0731 e. The van der Waals surface area contributed by atoms with Crippen LogP contribution in [-0.4, -0.2) is 23.5 Å². The molecule has 1 atom stereocenters. The summed E-state index contributed by atoms with van der Waals surface area (Å²) in [6.45, 7) is 1.48. The highest BCUT2D eigenvalue weighted by Crippen LogP contribution is 2.39. The number of thiophene rings is 1. The zero-order valence-electron chi connectivity index (χ0n) is 11.4. The molecule has 108 valence electrons. The van der Waals surface area contributed by atoms with Gasteiger partial charge in [-0.3, -0.25) is 4.68 Å². The summed E-state index contributed by atoms with van der Waals surface area (Å²) in [4.78, 5) is 1.51. The zero-order valence-corrected chi connectivity index (χ0v) is 13.8.